The van der Waals surface area contributed by atoms with Crippen molar-refractivity contribution in [1.82, 2.24) is 0 Å². The molecule has 1 N–H and O–H groups in total. The molecular formula is C13H18N2O. The topological polar surface area (TPSA) is 32.3 Å². The Kier molecular flexibility index (Phi) is 3.13. The van der Waals surface area contributed by atoms with E-state index in [4.69, 9.17) is 0 Å². The van der Waals surface area contributed by atoms with Gasteiger partial charge in [0.1, 0.15) is 0 Å². The fourth-order valence-corrected chi connectivity index (χ4v) is 2.08. The smallest absolute Gasteiger partial charge is 0.224 e. The number of rotatable bonds is 2. The van der Waals surface area contributed by atoms with E-state index in [0.29, 0.717) is 6.42 Å². The third-order valence-electron chi connectivity index (χ3n) is 3.04. The van der Waals surface area contributed by atoms with Crippen LogP contribution in [0.15, 0.2) is 18.2 Å². The molecule has 1 amide bonds. The lowest BCUT2D eigenvalue weighted by Crippen LogP contribution is -2.24. The van der Waals surface area contributed by atoms with Crippen molar-refractivity contribution in [1.29, 1.82) is 0 Å². The number of aryl methyl sites for hydroxylation is 1. The van der Waals surface area contributed by atoms with E-state index < -0.39 is 0 Å². The predicted molar refractivity (Wildman–Crippen MR) is 67.0 cm³/mol. The molecule has 0 spiro atoms. The third kappa shape index (κ3) is 2.18. The molecule has 0 bridgehead atoms. The van der Waals surface area contributed by atoms with E-state index in [2.05, 4.69) is 29.4 Å². The second kappa shape index (κ2) is 4.56. The molecule has 86 valence electrons. The van der Waals surface area contributed by atoms with E-state index in [1.54, 1.807) is 0 Å². The molecule has 0 fully saturated rings. The summed E-state index contributed by atoms with van der Waals surface area (Å²) in [6.07, 6.45) is 2.87. The molecule has 0 saturated heterocycles. The van der Waals surface area contributed by atoms with Gasteiger partial charge in [-0.25, -0.2) is 0 Å². The van der Waals surface area contributed by atoms with Gasteiger partial charge in [-0.05, 0) is 30.5 Å². The van der Waals surface area contributed by atoms with Gasteiger partial charge in [0, 0.05) is 31.4 Å². The van der Waals surface area contributed by atoms with Gasteiger partial charge in [0.2, 0.25) is 5.91 Å². The number of nitrogens with one attached hydrogen (secondary N) is 1. The molecule has 1 heterocycles. The Morgan fingerprint density at radius 1 is 1.50 bits per heavy atom. The number of carbonyl (C=O) groups is 1. The van der Waals surface area contributed by atoms with Gasteiger partial charge in [0.15, 0.2) is 0 Å². The number of nitrogens with zero attached hydrogens (tertiary/aromatic N) is 1. The first-order chi connectivity index (χ1) is 7.70. The maximum Gasteiger partial charge on any atom is 0.224 e. The van der Waals surface area contributed by atoms with Gasteiger partial charge in [-0.3, -0.25) is 4.79 Å². The van der Waals surface area contributed by atoms with Crippen LogP contribution in [0.1, 0.15) is 25.3 Å². The summed E-state index contributed by atoms with van der Waals surface area (Å²) in [6.45, 7) is 2.96. The predicted octanol–water partition coefficient (Wildman–Crippen LogP) is 2.42. The first-order valence-corrected chi connectivity index (χ1v) is 5.84. The zero-order valence-corrected chi connectivity index (χ0v) is 9.92. The molecular weight excluding hydrogens is 200 g/mol. The number of hydrogen-bond acceptors (Lipinski definition) is 2. The zero-order valence-electron chi connectivity index (χ0n) is 9.92. The number of carbonyl (C=O) groups excluding carboxylic acids is 1. The number of benzene rings is 1. The lowest BCUT2D eigenvalue weighted by molar-refractivity contribution is -0.115. The number of fused-ring (bicyclic) bond motifs is 1. The molecule has 0 atom stereocenters. The standard InChI is InChI=1S/C13H18N2O/c1-3-13(16)14-11-7-6-10-5-4-8-15(2)12(10)9-11/h6-7,9H,3-5,8H2,1-2H3,(H,14,16). The van der Waals surface area contributed by atoms with Crippen molar-refractivity contribution in [3.8, 4) is 0 Å². The lowest BCUT2D eigenvalue weighted by atomic mass is 10.0. The maximum absolute atomic E-state index is 11.3. The molecule has 0 unspecified atom stereocenters. The van der Waals surface area contributed by atoms with Gasteiger partial charge in [-0.15, -0.1) is 0 Å². The van der Waals surface area contributed by atoms with Crippen LogP contribution in [0, 0.1) is 0 Å². The van der Waals surface area contributed by atoms with Crippen molar-refractivity contribution < 1.29 is 4.79 Å². The second-order valence-corrected chi connectivity index (χ2v) is 4.27. The third-order valence-corrected chi connectivity index (χ3v) is 3.04. The van der Waals surface area contributed by atoms with E-state index in [0.717, 1.165) is 18.7 Å². The fraction of sp³-hybridized carbons (Fsp3) is 0.462. The molecule has 3 nitrogen and oxygen atoms in total. The van der Waals surface area contributed by atoms with E-state index in [9.17, 15) is 4.79 Å². The Morgan fingerprint density at radius 2 is 2.31 bits per heavy atom. The van der Waals surface area contributed by atoms with Crippen molar-refractivity contribution in [3.63, 3.8) is 0 Å². The highest BCUT2D eigenvalue weighted by molar-refractivity contribution is 5.91. The highest BCUT2D eigenvalue weighted by atomic mass is 16.1. The van der Waals surface area contributed by atoms with Crippen LogP contribution >= 0.6 is 0 Å². The monoisotopic (exact) mass is 218 g/mol. The first kappa shape index (κ1) is 11.0. The normalized spacial score (nSPS) is 14.5. The Morgan fingerprint density at radius 3 is 3.06 bits per heavy atom. The van der Waals surface area contributed by atoms with Crippen LogP contribution in [0.4, 0.5) is 11.4 Å². The van der Waals surface area contributed by atoms with Crippen LogP contribution in [0.3, 0.4) is 0 Å². The Balaban J connectivity index is 2.23. The SMILES string of the molecule is CCC(=O)Nc1ccc2c(c1)N(C)CCC2. The molecule has 1 aliphatic heterocycles. The molecule has 2 rings (SSSR count). The second-order valence-electron chi connectivity index (χ2n) is 4.27. The number of amides is 1. The molecule has 0 radical (unpaired) electrons. The van der Waals surface area contributed by atoms with E-state index >= 15 is 0 Å². The van der Waals surface area contributed by atoms with Crippen molar-refractivity contribution in [2.45, 2.75) is 26.2 Å². The average Bonchev–Trinajstić information content (AvgIpc) is 2.30. The van der Waals surface area contributed by atoms with E-state index in [-0.39, 0.29) is 5.91 Å². The van der Waals surface area contributed by atoms with Crippen LogP contribution in [0.2, 0.25) is 0 Å². The lowest BCUT2D eigenvalue weighted by Gasteiger charge is -2.28. The minimum absolute atomic E-state index is 0.0680. The maximum atomic E-state index is 11.3. The Bertz CT molecular complexity index is 401. The van der Waals surface area contributed by atoms with Crippen molar-refractivity contribution >= 4 is 17.3 Å². The summed E-state index contributed by atoms with van der Waals surface area (Å²) >= 11 is 0. The minimum Gasteiger partial charge on any atom is -0.374 e. The summed E-state index contributed by atoms with van der Waals surface area (Å²) in [7, 11) is 2.10. The summed E-state index contributed by atoms with van der Waals surface area (Å²) in [6, 6.07) is 6.18. The molecule has 1 aromatic rings. The summed E-state index contributed by atoms with van der Waals surface area (Å²) in [5, 5.41) is 2.90. The molecule has 3 heteroatoms. The molecule has 1 aliphatic rings. The van der Waals surface area contributed by atoms with Crippen molar-refractivity contribution in [2.75, 3.05) is 23.8 Å². The number of anilines is 2. The highest BCUT2D eigenvalue weighted by Crippen LogP contribution is 2.28. The Labute approximate surface area is 96.5 Å². The molecule has 0 aromatic heterocycles. The highest BCUT2D eigenvalue weighted by Gasteiger charge is 2.14. The van der Waals surface area contributed by atoms with Crippen molar-refractivity contribution in [2.24, 2.45) is 0 Å². The first-order valence-electron chi connectivity index (χ1n) is 5.84. The van der Waals surface area contributed by atoms with E-state index in [1.807, 2.05) is 13.0 Å². The van der Waals surface area contributed by atoms with Gasteiger partial charge >= 0.3 is 0 Å². The largest absolute Gasteiger partial charge is 0.374 e. The van der Waals surface area contributed by atoms with Gasteiger partial charge in [0.25, 0.3) is 0 Å². The molecule has 0 aliphatic carbocycles. The van der Waals surface area contributed by atoms with Crippen LogP contribution in [-0.2, 0) is 11.2 Å². The summed E-state index contributed by atoms with van der Waals surface area (Å²) in [4.78, 5) is 13.6. The van der Waals surface area contributed by atoms with Crippen LogP contribution in [0.25, 0.3) is 0 Å². The zero-order chi connectivity index (χ0) is 11.5. The number of hydrogen-bond donors (Lipinski definition) is 1. The van der Waals surface area contributed by atoms with Gasteiger partial charge < -0.3 is 10.2 Å². The van der Waals surface area contributed by atoms with Crippen molar-refractivity contribution in [3.05, 3.63) is 23.8 Å². The minimum atomic E-state index is 0.0680. The molecule has 1 aromatic carbocycles. The van der Waals surface area contributed by atoms with Crippen LogP contribution in [0.5, 0.6) is 0 Å². The molecule has 0 saturated carbocycles. The van der Waals surface area contributed by atoms with E-state index in [1.165, 1.54) is 17.7 Å². The summed E-state index contributed by atoms with van der Waals surface area (Å²) < 4.78 is 0. The van der Waals surface area contributed by atoms with Gasteiger partial charge in [0.05, 0.1) is 0 Å². The fourth-order valence-electron chi connectivity index (χ4n) is 2.08. The average molecular weight is 218 g/mol. The van der Waals surface area contributed by atoms with Crippen LogP contribution in [-0.4, -0.2) is 19.5 Å². The summed E-state index contributed by atoms with van der Waals surface area (Å²) in [5.41, 5.74) is 3.53. The Hall–Kier alpha value is -1.51. The van der Waals surface area contributed by atoms with Gasteiger partial charge in [-0.2, -0.15) is 0 Å². The van der Waals surface area contributed by atoms with Crippen LogP contribution < -0.4 is 10.2 Å². The van der Waals surface area contributed by atoms with Gasteiger partial charge in [-0.1, -0.05) is 13.0 Å². The summed E-state index contributed by atoms with van der Waals surface area (Å²) in [5.74, 6) is 0.0680. The quantitative estimate of drug-likeness (QED) is 0.826. The molecule has 16 heavy (non-hydrogen) atoms.